The van der Waals surface area contributed by atoms with E-state index < -0.39 is 0 Å². The fourth-order valence-electron chi connectivity index (χ4n) is 2.05. The van der Waals surface area contributed by atoms with Crippen molar-refractivity contribution >= 4 is 23.6 Å². The molecule has 6 nitrogen and oxygen atoms in total. The summed E-state index contributed by atoms with van der Waals surface area (Å²) in [5.41, 5.74) is 0.433. The number of cyclic esters (lactones) is 1. The molecular formula is C14H17ClN2O4. The van der Waals surface area contributed by atoms with E-state index in [0.717, 1.165) is 0 Å². The molecule has 0 atom stereocenters. The van der Waals surface area contributed by atoms with E-state index in [1.807, 2.05) is 0 Å². The largest absolute Gasteiger partial charge is 0.496 e. The summed E-state index contributed by atoms with van der Waals surface area (Å²) in [6.07, 6.45) is 0.372. The van der Waals surface area contributed by atoms with Crippen LogP contribution in [-0.4, -0.2) is 50.3 Å². The normalized spacial score (nSPS) is 14.0. The van der Waals surface area contributed by atoms with Crippen molar-refractivity contribution in [2.45, 2.75) is 6.42 Å². The van der Waals surface area contributed by atoms with Gasteiger partial charge < -0.3 is 19.7 Å². The van der Waals surface area contributed by atoms with Crippen molar-refractivity contribution < 1.29 is 19.1 Å². The van der Waals surface area contributed by atoms with Crippen LogP contribution in [-0.2, 0) is 4.74 Å². The Bertz CT molecular complexity index is 536. The third kappa shape index (κ3) is 4.01. The summed E-state index contributed by atoms with van der Waals surface area (Å²) in [6, 6.07) is 4.85. The van der Waals surface area contributed by atoms with Crippen LogP contribution in [0.4, 0.5) is 4.79 Å². The number of carbonyl (C=O) groups is 2. The van der Waals surface area contributed by atoms with Gasteiger partial charge in [-0.05, 0) is 24.6 Å². The highest BCUT2D eigenvalue weighted by atomic mass is 35.5. The Morgan fingerprint density at radius 2 is 2.33 bits per heavy atom. The topological polar surface area (TPSA) is 67.9 Å². The maximum Gasteiger partial charge on any atom is 0.409 e. The SMILES string of the molecule is COc1cc(Cl)ccc1C(=O)NCCCN1CCOC1=O. The molecule has 1 saturated heterocycles. The third-order valence-corrected chi connectivity index (χ3v) is 3.38. The monoisotopic (exact) mass is 312 g/mol. The third-order valence-electron chi connectivity index (χ3n) is 3.14. The fourth-order valence-corrected chi connectivity index (χ4v) is 2.21. The molecule has 0 aromatic heterocycles. The molecule has 2 amide bonds. The van der Waals surface area contributed by atoms with Gasteiger partial charge in [0.05, 0.1) is 19.2 Å². The molecule has 1 aliphatic rings. The number of amides is 2. The van der Waals surface area contributed by atoms with E-state index in [9.17, 15) is 9.59 Å². The van der Waals surface area contributed by atoms with Crippen LogP contribution in [0.25, 0.3) is 0 Å². The van der Waals surface area contributed by atoms with E-state index in [1.54, 1.807) is 23.1 Å². The van der Waals surface area contributed by atoms with Crippen LogP contribution in [0.3, 0.4) is 0 Å². The average molecular weight is 313 g/mol. The van der Waals surface area contributed by atoms with Gasteiger partial charge in [0, 0.05) is 18.1 Å². The molecule has 1 aromatic carbocycles. The number of nitrogens with one attached hydrogen (secondary N) is 1. The molecule has 1 aromatic rings. The van der Waals surface area contributed by atoms with Crippen LogP contribution in [0.1, 0.15) is 16.8 Å². The van der Waals surface area contributed by atoms with Crippen LogP contribution in [0.5, 0.6) is 5.75 Å². The highest BCUT2D eigenvalue weighted by Crippen LogP contribution is 2.22. The molecule has 0 unspecified atom stereocenters. The molecule has 0 bridgehead atoms. The number of halogens is 1. The number of benzene rings is 1. The summed E-state index contributed by atoms with van der Waals surface area (Å²) >= 11 is 5.85. The summed E-state index contributed by atoms with van der Waals surface area (Å²) in [5.74, 6) is 0.204. The standard InChI is InChI=1S/C14H17ClN2O4/c1-20-12-9-10(15)3-4-11(12)13(18)16-5-2-6-17-7-8-21-14(17)19/h3-4,9H,2,5-8H2,1H3,(H,16,18). The predicted molar refractivity (Wildman–Crippen MR) is 77.9 cm³/mol. The molecule has 0 spiro atoms. The van der Waals surface area contributed by atoms with Crippen LogP contribution in [0.15, 0.2) is 18.2 Å². The molecule has 21 heavy (non-hydrogen) atoms. The Labute approximate surface area is 128 Å². The van der Waals surface area contributed by atoms with Crippen molar-refractivity contribution in [3.05, 3.63) is 28.8 Å². The molecule has 0 radical (unpaired) electrons. The van der Waals surface area contributed by atoms with Gasteiger partial charge in [-0.1, -0.05) is 11.6 Å². The second-order valence-corrected chi connectivity index (χ2v) is 4.99. The quantitative estimate of drug-likeness (QED) is 0.815. The molecular weight excluding hydrogens is 296 g/mol. The minimum atomic E-state index is -0.291. The van der Waals surface area contributed by atoms with Crippen molar-refractivity contribution in [3.8, 4) is 5.75 Å². The lowest BCUT2D eigenvalue weighted by Gasteiger charge is -2.13. The maximum absolute atomic E-state index is 12.1. The fraction of sp³-hybridized carbons (Fsp3) is 0.429. The molecule has 1 aliphatic heterocycles. The first-order chi connectivity index (χ1) is 10.1. The summed E-state index contributed by atoms with van der Waals surface area (Å²) in [5, 5.41) is 3.30. The molecule has 1 heterocycles. The number of carbonyl (C=O) groups excluding carboxylic acids is 2. The molecule has 114 valence electrons. The van der Waals surface area contributed by atoms with Crippen molar-refractivity contribution in [2.24, 2.45) is 0 Å². The zero-order valence-electron chi connectivity index (χ0n) is 11.7. The molecule has 1 fully saturated rings. The summed E-state index contributed by atoms with van der Waals surface area (Å²) in [4.78, 5) is 24.9. The number of ether oxygens (including phenoxy) is 2. The molecule has 2 rings (SSSR count). The zero-order chi connectivity index (χ0) is 15.2. The van der Waals surface area contributed by atoms with Crippen molar-refractivity contribution in [1.82, 2.24) is 10.2 Å². The van der Waals surface area contributed by atoms with Crippen molar-refractivity contribution in [2.75, 3.05) is 33.4 Å². The van der Waals surface area contributed by atoms with E-state index >= 15 is 0 Å². The van der Waals surface area contributed by atoms with Crippen LogP contribution < -0.4 is 10.1 Å². The van der Waals surface area contributed by atoms with Crippen LogP contribution in [0.2, 0.25) is 5.02 Å². The Morgan fingerprint density at radius 1 is 1.52 bits per heavy atom. The minimum absolute atomic E-state index is 0.229. The first-order valence-electron chi connectivity index (χ1n) is 6.65. The van der Waals surface area contributed by atoms with Crippen LogP contribution in [0, 0.1) is 0 Å². The second-order valence-electron chi connectivity index (χ2n) is 4.56. The molecule has 1 N–H and O–H groups in total. The Morgan fingerprint density at radius 3 is 3.00 bits per heavy atom. The van der Waals surface area contributed by atoms with Gasteiger partial charge in [0.25, 0.3) is 5.91 Å². The van der Waals surface area contributed by atoms with Crippen LogP contribution >= 0.6 is 11.6 Å². The van der Waals surface area contributed by atoms with Gasteiger partial charge in [-0.15, -0.1) is 0 Å². The number of hydrogen-bond acceptors (Lipinski definition) is 4. The Balaban J connectivity index is 1.80. The van der Waals surface area contributed by atoms with Gasteiger partial charge in [0.2, 0.25) is 0 Å². The van der Waals surface area contributed by atoms with Crippen molar-refractivity contribution in [1.29, 1.82) is 0 Å². The van der Waals surface area contributed by atoms with Crippen molar-refractivity contribution in [3.63, 3.8) is 0 Å². The second kappa shape index (κ2) is 7.17. The zero-order valence-corrected chi connectivity index (χ0v) is 12.5. The summed E-state index contributed by atoms with van der Waals surface area (Å²) in [6.45, 7) is 2.08. The number of methoxy groups -OCH3 is 1. The molecule has 0 aliphatic carbocycles. The van der Waals surface area contributed by atoms with E-state index in [2.05, 4.69) is 5.32 Å². The smallest absolute Gasteiger partial charge is 0.409 e. The highest BCUT2D eigenvalue weighted by molar-refractivity contribution is 6.30. The Kier molecular flexibility index (Phi) is 5.27. The minimum Gasteiger partial charge on any atom is -0.496 e. The summed E-state index contributed by atoms with van der Waals surface area (Å²) < 4.78 is 9.96. The molecule has 7 heteroatoms. The summed E-state index contributed by atoms with van der Waals surface area (Å²) in [7, 11) is 1.49. The van der Waals surface area contributed by atoms with Gasteiger partial charge in [0.1, 0.15) is 12.4 Å². The van der Waals surface area contributed by atoms with E-state index in [-0.39, 0.29) is 12.0 Å². The van der Waals surface area contributed by atoms with Gasteiger partial charge in [0.15, 0.2) is 0 Å². The van der Waals surface area contributed by atoms with E-state index in [4.69, 9.17) is 21.1 Å². The van der Waals surface area contributed by atoms with E-state index in [0.29, 0.717) is 49.0 Å². The first-order valence-corrected chi connectivity index (χ1v) is 7.03. The number of hydrogen-bond donors (Lipinski definition) is 1. The lowest BCUT2D eigenvalue weighted by Crippen LogP contribution is -2.30. The maximum atomic E-state index is 12.1. The predicted octanol–water partition coefficient (Wildman–Crippen LogP) is 1.92. The van der Waals surface area contributed by atoms with Gasteiger partial charge >= 0.3 is 6.09 Å². The van der Waals surface area contributed by atoms with Gasteiger partial charge in [-0.3, -0.25) is 4.79 Å². The number of rotatable bonds is 6. The molecule has 0 saturated carbocycles. The lowest BCUT2D eigenvalue weighted by molar-refractivity contribution is 0.0949. The Hall–Kier alpha value is -1.95. The van der Waals surface area contributed by atoms with E-state index in [1.165, 1.54) is 7.11 Å². The lowest BCUT2D eigenvalue weighted by atomic mass is 10.2. The van der Waals surface area contributed by atoms with Gasteiger partial charge in [-0.2, -0.15) is 0 Å². The van der Waals surface area contributed by atoms with Gasteiger partial charge in [-0.25, -0.2) is 4.79 Å². The first kappa shape index (κ1) is 15.4. The number of nitrogens with zero attached hydrogens (tertiary/aromatic N) is 1. The highest BCUT2D eigenvalue weighted by Gasteiger charge is 2.21. The average Bonchev–Trinajstić information content (AvgIpc) is 2.88.